The van der Waals surface area contributed by atoms with Crippen molar-refractivity contribution in [1.29, 1.82) is 0 Å². The van der Waals surface area contributed by atoms with E-state index in [9.17, 15) is 14.4 Å². The number of hydrogen-bond acceptors (Lipinski definition) is 8. The lowest BCUT2D eigenvalue weighted by molar-refractivity contribution is -0.125. The summed E-state index contributed by atoms with van der Waals surface area (Å²) in [5.41, 5.74) is 5.16. The third-order valence-electron chi connectivity index (χ3n) is 8.20. The van der Waals surface area contributed by atoms with E-state index in [4.69, 9.17) is 9.47 Å². The lowest BCUT2D eigenvalue weighted by Crippen LogP contribution is -2.34. The Balaban J connectivity index is 1.36. The molecule has 48 heavy (non-hydrogen) atoms. The fourth-order valence-electron chi connectivity index (χ4n) is 5.60. The molecule has 0 spiro atoms. The quantitative estimate of drug-likeness (QED) is 0.159. The number of rotatable bonds is 20. The number of ether oxygens (including phenoxy) is 2. The van der Waals surface area contributed by atoms with Crippen LogP contribution in [0.3, 0.4) is 0 Å². The number of aryl methyl sites for hydroxylation is 1. The number of amides is 2. The van der Waals surface area contributed by atoms with Crippen molar-refractivity contribution in [3.63, 3.8) is 0 Å². The number of ketones is 1. The molecule has 11 nitrogen and oxygen atoms in total. The Labute approximate surface area is 284 Å². The smallest absolute Gasteiger partial charge is 0.227 e. The number of nitrogens with one attached hydrogen (secondary N) is 2. The Morgan fingerprint density at radius 3 is 2.35 bits per heavy atom. The second kappa shape index (κ2) is 19.2. The molecule has 2 heterocycles. The largest absolute Gasteiger partial charge is 0.380 e. The van der Waals surface area contributed by atoms with Crippen molar-refractivity contribution in [2.75, 3.05) is 44.4 Å². The van der Waals surface area contributed by atoms with E-state index in [1.54, 1.807) is 4.90 Å². The summed E-state index contributed by atoms with van der Waals surface area (Å²) in [7, 11) is 0. The number of benzene rings is 2. The summed E-state index contributed by atoms with van der Waals surface area (Å²) in [5.74, 6) is 0.339. The number of hydrogen-bond donors (Lipinski definition) is 2. The van der Waals surface area contributed by atoms with Crippen molar-refractivity contribution in [2.24, 2.45) is 5.92 Å². The van der Waals surface area contributed by atoms with Gasteiger partial charge in [-0.3, -0.25) is 14.4 Å². The van der Waals surface area contributed by atoms with Crippen LogP contribution in [0.15, 0.2) is 48.5 Å². The summed E-state index contributed by atoms with van der Waals surface area (Å²) < 4.78 is 13.3. The molecule has 11 heteroatoms. The molecule has 2 aromatic carbocycles. The highest BCUT2D eigenvalue weighted by molar-refractivity contribution is 6.01. The van der Waals surface area contributed by atoms with Crippen molar-refractivity contribution in [3.05, 3.63) is 54.1 Å². The van der Waals surface area contributed by atoms with Gasteiger partial charge in [0.2, 0.25) is 11.8 Å². The molecule has 4 rings (SSSR count). The Morgan fingerprint density at radius 2 is 1.56 bits per heavy atom. The summed E-state index contributed by atoms with van der Waals surface area (Å²) in [6, 6.07) is 16.2. The number of aromatic nitrogens is 3. The average Bonchev–Trinajstić information content (AvgIpc) is 3.48. The van der Waals surface area contributed by atoms with Gasteiger partial charge in [-0.25, -0.2) is 4.68 Å². The second-order valence-corrected chi connectivity index (χ2v) is 12.9. The molecule has 0 saturated heterocycles. The first kappa shape index (κ1) is 36.9. The van der Waals surface area contributed by atoms with Gasteiger partial charge in [0, 0.05) is 69.1 Å². The molecular weight excluding hydrogens is 608 g/mol. The minimum atomic E-state index is -0.217. The van der Waals surface area contributed by atoms with Gasteiger partial charge in [0.1, 0.15) is 11.5 Å². The summed E-state index contributed by atoms with van der Waals surface area (Å²) in [4.78, 5) is 40.0. The number of carbonyl (C=O) groups is 3. The lowest BCUT2D eigenvalue weighted by Gasteiger charge is -2.28. The van der Waals surface area contributed by atoms with Crippen molar-refractivity contribution in [3.8, 4) is 22.5 Å². The monoisotopic (exact) mass is 660 g/mol. The Kier molecular flexibility index (Phi) is 14.7. The van der Waals surface area contributed by atoms with Crippen LogP contribution in [-0.2, 0) is 36.9 Å². The fourth-order valence-corrected chi connectivity index (χ4v) is 5.60. The van der Waals surface area contributed by atoms with Crippen LogP contribution in [0.5, 0.6) is 0 Å². The van der Waals surface area contributed by atoms with Crippen LogP contribution in [0.25, 0.3) is 22.5 Å². The van der Waals surface area contributed by atoms with Gasteiger partial charge in [-0.05, 0) is 30.4 Å². The first-order valence-electron chi connectivity index (χ1n) is 17.3. The molecule has 0 fully saturated rings. The van der Waals surface area contributed by atoms with Crippen LogP contribution in [-0.4, -0.2) is 78.2 Å². The van der Waals surface area contributed by atoms with Crippen LogP contribution in [0.1, 0.15) is 71.8 Å². The van der Waals surface area contributed by atoms with Gasteiger partial charge >= 0.3 is 0 Å². The maximum atomic E-state index is 13.7. The molecule has 0 radical (unpaired) electrons. The minimum Gasteiger partial charge on any atom is -0.380 e. The molecule has 2 N–H and O–H groups in total. The Bertz CT molecular complexity index is 1490. The summed E-state index contributed by atoms with van der Waals surface area (Å²) in [6.07, 6.45) is 2.76. The number of para-hydroxylation sites is 1. The average molecular weight is 661 g/mol. The molecule has 1 aliphatic heterocycles. The summed E-state index contributed by atoms with van der Waals surface area (Å²) in [6.45, 7) is 12.5. The molecule has 2 amide bonds. The molecule has 0 atom stereocenters. The van der Waals surface area contributed by atoms with E-state index in [1.807, 2.05) is 47.1 Å². The van der Waals surface area contributed by atoms with E-state index in [2.05, 4.69) is 54.7 Å². The minimum absolute atomic E-state index is 0.0553. The number of carbonyl (C=O) groups excluding carboxylic acids is 3. The van der Waals surface area contributed by atoms with Gasteiger partial charge in [0.15, 0.2) is 0 Å². The molecule has 1 aliphatic rings. The number of anilines is 1. The van der Waals surface area contributed by atoms with Crippen LogP contribution in [0.2, 0.25) is 0 Å². The van der Waals surface area contributed by atoms with E-state index in [1.165, 1.54) is 0 Å². The molecule has 3 aromatic rings. The zero-order valence-corrected chi connectivity index (χ0v) is 29.0. The van der Waals surface area contributed by atoms with Crippen LogP contribution >= 0.6 is 0 Å². The first-order chi connectivity index (χ1) is 23.2. The Hall–Kier alpha value is -3.93. The van der Waals surface area contributed by atoms with Crippen LogP contribution < -0.4 is 15.5 Å². The summed E-state index contributed by atoms with van der Waals surface area (Å²) in [5, 5.41) is 15.4. The predicted molar refractivity (Wildman–Crippen MR) is 187 cm³/mol. The molecule has 0 saturated carbocycles. The van der Waals surface area contributed by atoms with E-state index in [-0.39, 0.29) is 30.4 Å². The molecule has 0 unspecified atom stereocenters. The van der Waals surface area contributed by atoms with E-state index < -0.39 is 0 Å². The van der Waals surface area contributed by atoms with Crippen LogP contribution in [0.4, 0.5) is 5.69 Å². The third kappa shape index (κ3) is 11.1. The molecule has 260 valence electrons. The molecule has 1 aromatic heterocycles. The SMILES string of the molecule is CC(C)CCC(=O)CCOCCNC(=O)CCC(=O)N1Cc2ccccc2-c2c(nnn2CCCOCCNC(C)C)-c2ccccc21. The van der Waals surface area contributed by atoms with Crippen molar-refractivity contribution in [1.82, 2.24) is 25.6 Å². The Morgan fingerprint density at radius 1 is 0.833 bits per heavy atom. The zero-order valence-electron chi connectivity index (χ0n) is 29.0. The number of fused-ring (bicyclic) bond motifs is 5. The number of Topliss-reactive ketones (excluding diaryl/α,β-unsaturated/α-hetero) is 1. The molecular formula is C37H52N6O5. The lowest BCUT2D eigenvalue weighted by atomic mass is 9.95. The van der Waals surface area contributed by atoms with Gasteiger partial charge < -0.3 is 25.0 Å². The highest BCUT2D eigenvalue weighted by atomic mass is 16.5. The normalized spacial score (nSPS) is 12.3. The van der Waals surface area contributed by atoms with E-state index in [0.717, 1.165) is 53.2 Å². The molecule has 0 aliphatic carbocycles. The zero-order chi connectivity index (χ0) is 34.3. The highest BCUT2D eigenvalue weighted by Gasteiger charge is 2.29. The van der Waals surface area contributed by atoms with Gasteiger partial charge in [0.05, 0.1) is 37.7 Å². The van der Waals surface area contributed by atoms with E-state index >= 15 is 0 Å². The third-order valence-corrected chi connectivity index (χ3v) is 8.20. The van der Waals surface area contributed by atoms with Crippen molar-refractivity contribution in [2.45, 2.75) is 85.4 Å². The first-order valence-corrected chi connectivity index (χ1v) is 17.3. The predicted octanol–water partition coefficient (Wildman–Crippen LogP) is 5.17. The fraction of sp³-hybridized carbons (Fsp3) is 0.541. The highest BCUT2D eigenvalue weighted by Crippen LogP contribution is 2.41. The molecule has 0 bridgehead atoms. The summed E-state index contributed by atoms with van der Waals surface area (Å²) >= 11 is 0. The topological polar surface area (TPSA) is 128 Å². The standard InChI is InChI=1S/C37H52N6O5/c1-27(2)14-15-30(44)18-23-48-25-20-39-34(45)16-17-35(46)42-26-29-10-5-6-11-31(29)37-36(32-12-7-8-13-33(32)42)40-41-43(37)21-9-22-47-24-19-38-28(3)4/h5-8,10-13,27-28,38H,9,14-26H2,1-4H3,(H,39,45). The van der Waals surface area contributed by atoms with Crippen molar-refractivity contribution < 1.29 is 23.9 Å². The second-order valence-electron chi connectivity index (χ2n) is 12.9. The van der Waals surface area contributed by atoms with Crippen molar-refractivity contribution >= 4 is 23.3 Å². The number of nitrogens with zero attached hydrogens (tertiary/aromatic N) is 4. The van der Waals surface area contributed by atoms with Gasteiger partial charge in [-0.1, -0.05) is 75.4 Å². The van der Waals surface area contributed by atoms with Gasteiger partial charge in [-0.2, -0.15) is 0 Å². The van der Waals surface area contributed by atoms with Gasteiger partial charge in [0.25, 0.3) is 0 Å². The maximum Gasteiger partial charge on any atom is 0.227 e. The van der Waals surface area contributed by atoms with Gasteiger partial charge in [-0.15, -0.1) is 5.10 Å². The van der Waals surface area contributed by atoms with Crippen LogP contribution in [0, 0.1) is 5.92 Å². The maximum absolute atomic E-state index is 13.7. The van der Waals surface area contributed by atoms with E-state index in [0.29, 0.717) is 70.9 Å².